The molecule has 0 saturated heterocycles. The molecule has 0 fully saturated rings. The van der Waals surface area contributed by atoms with Crippen LogP contribution in [0.1, 0.15) is 77.6 Å². The van der Waals surface area contributed by atoms with Crippen LogP contribution in [0.2, 0.25) is 0 Å². The van der Waals surface area contributed by atoms with Crippen LogP contribution >= 0.6 is 0 Å². The summed E-state index contributed by atoms with van der Waals surface area (Å²) in [6.07, 6.45) is 15.3. The molecule has 2 nitrogen and oxygen atoms in total. The van der Waals surface area contributed by atoms with E-state index in [4.69, 9.17) is 5.11 Å². The maximum Gasteiger partial charge on any atom is 0.179 e. The summed E-state index contributed by atoms with van der Waals surface area (Å²) in [4.78, 5) is 0. The van der Waals surface area contributed by atoms with E-state index in [2.05, 4.69) is 21.0 Å². The number of halogens is 1. The highest BCUT2D eigenvalue weighted by Gasteiger charge is 2.11. The van der Waals surface area contributed by atoms with Crippen molar-refractivity contribution in [3.63, 3.8) is 0 Å². The summed E-state index contributed by atoms with van der Waals surface area (Å²) in [5.41, 5.74) is 0. The smallest absolute Gasteiger partial charge is 0.179 e. The summed E-state index contributed by atoms with van der Waals surface area (Å²) >= 11 is 0. The Morgan fingerprint density at radius 3 is 1.42 bits per heavy atom. The van der Waals surface area contributed by atoms with E-state index in [9.17, 15) is 0 Å². The van der Waals surface area contributed by atoms with Crippen molar-refractivity contribution < 1.29 is 22.0 Å². The second-order valence-electron chi connectivity index (χ2n) is 6.34. The molecule has 0 radical (unpaired) electrons. The topological polar surface area (TPSA) is 20.2 Å². The molecule has 0 aliphatic rings. The summed E-state index contributed by atoms with van der Waals surface area (Å²) in [5, 5.41) is 9.13. The Hall–Kier alpha value is 0.210. The summed E-state index contributed by atoms with van der Waals surface area (Å²) in [6.45, 7) is 3.64. The maximum atomic E-state index is 9.13. The first-order valence-electron chi connectivity index (χ1n) is 8.05. The molecule has 0 bridgehead atoms. The molecule has 118 valence electrons. The normalized spacial score (nSPS) is 11.4. The van der Waals surface area contributed by atoms with Gasteiger partial charge in [-0.25, -0.2) is 0 Å². The van der Waals surface area contributed by atoms with E-state index in [0.717, 1.165) is 11.0 Å². The fraction of sp³-hybridized carbons (Fsp3) is 1.00. The predicted molar refractivity (Wildman–Crippen MR) is 80.5 cm³/mol. The monoisotopic (exact) mass is 293 g/mol. The number of aliphatic hydroxyl groups excluding tert-OH is 1. The Bertz CT molecular complexity index is 174. The van der Waals surface area contributed by atoms with Crippen LogP contribution in [0.15, 0.2) is 0 Å². The lowest BCUT2D eigenvalue weighted by atomic mass is 10.1. The minimum atomic E-state index is 0. The zero-order valence-corrected chi connectivity index (χ0v) is 14.2. The fourth-order valence-corrected chi connectivity index (χ4v) is 2.27. The molecule has 3 heteroatoms. The van der Waals surface area contributed by atoms with E-state index < -0.39 is 0 Å². The van der Waals surface area contributed by atoms with Gasteiger partial charge in [-0.2, -0.15) is 0 Å². The van der Waals surface area contributed by atoms with Gasteiger partial charge in [0, 0.05) is 0 Å². The maximum absolute atomic E-state index is 9.13. The molecule has 0 heterocycles. The van der Waals surface area contributed by atoms with Gasteiger partial charge in [-0.1, -0.05) is 64.7 Å². The fourth-order valence-electron chi connectivity index (χ4n) is 2.27. The number of hydrogen-bond acceptors (Lipinski definition) is 1. The van der Waals surface area contributed by atoms with Crippen molar-refractivity contribution in [1.82, 2.24) is 0 Å². The molecule has 0 aromatic rings. The van der Waals surface area contributed by atoms with E-state index in [1.54, 1.807) is 0 Å². The summed E-state index contributed by atoms with van der Waals surface area (Å²) < 4.78 is 0.747. The Balaban J connectivity index is 0. The minimum absolute atomic E-state index is 0. The molecule has 0 aromatic heterocycles. The van der Waals surface area contributed by atoms with Crippen LogP contribution in [-0.2, 0) is 0 Å². The van der Waals surface area contributed by atoms with Crippen LogP contribution in [0.5, 0.6) is 0 Å². The minimum Gasteiger partial charge on any atom is -1.00 e. The molecule has 0 aliphatic carbocycles. The highest BCUT2D eigenvalue weighted by atomic mass is 35.5. The van der Waals surface area contributed by atoms with Crippen LogP contribution in [0.3, 0.4) is 0 Å². The lowest BCUT2D eigenvalue weighted by Crippen LogP contribution is -3.00. The summed E-state index contributed by atoms with van der Waals surface area (Å²) in [5.74, 6) is 0. The molecule has 0 aromatic carbocycles. The van der Waals surface area contributed by atoms with Gasteiger partial charge in [0.15, 0.2) is 6.73 Å². The van der Waals surface area contributed by atoms with Gasteiger partial charge in [0.2, 0.25) is 0 Å². The van der Waals surface area contributed by atoms with Crippen molar-refractivity contribution in [2.24, 2.45) is 0 Å². The predicted octanol–water partition coefficient (Wildman–Crippen LogP) is 1.33. The number of nitrogens with zero attached hydrogens (tertiary/aromatic N) is 1. The first-order chi connectivity index (χ1) is 8.62. The first kappa shape index (κ1) is 21.5. The largest absolute Gasteiger partial charge is 1.00 e. The third-order valence-electron chi connectivity index (χ3n) is 3.75. The van der Waals surface area contributed by atoms with Gasteiger partial charge in [-0.05, 0) is 12.8 Å². The van der Waals surface area contributed by atoms with Crippen molar-refractivity contribution in [3.8, 4) is 0 Å². The molecule has 0 aliphatic heterocycles. The molecule has 0 spiro atoms. The number of aliphatic hydroxyl groups is 1. The van der Waals surface area contributed by atoms with E-state index in [1.807, 2.05) is 0 Å². The van der Waals surface area contributed by atoms with Gasteiger partial charge in [0.05, 0.1) is 20.6 Å². The molecule has 0 amide bonds. The zero-order valence-electron chi connectivity index (χ0n) is 13.5. The highest BCUT2D eigenvalue weighted by molar-refractivity contribution is 4.47. The van der Waals surface area contributed by atoms with Crippen LogP contribution in [-0.4, -0.2) is 37.0 Å². The number of rotatable bonds is 13. The van der Waals surface area contributed by atoms with Crippen LogP contribution < -0.4 is 12.4 Å². The van der Waals surface area contributed by atoms with Crippen molar-refractivity contribution in [2.75, 3.05) is 27.4 Å². The molecule has 0 rings (SSSR count). The molecule has 19 heavy (non-hydrogen) atoms. The molecular formula is C16H36ClNO. The lowest BCUT2D eigenvalue weighted by molar-refractivity contribution is -0.909. The Labute approximate surface area is 127 Å². The van der Waals surface area contributed by atoms with Gasteiger partial charge >= 0.3 is 0 Å². The first-order valence-corrected chi connectivity index (χ1v) is 8.05. The molecule has 1 N–H and O–H groups in total. The van der Waals surface area contributed by atoms with Gasteiger partial charge in [-0.15, -0.1) is 0 Å². The third-order valence-corrected chi connectivity index (χ3v) is 3.75. The van der Waals surface area contributed by atoms with E-state index >= 15 is 0 Å². The second kappa shape index (κ2) is 14.6. The zero-order chi connectivity index (χ0) is 13.7. The average molecular weight is 294 g/mol. The van der Waals surface area contributed by atoms with Gasteiger partial charge in [0.1, 0.15) is 0 Å². The van der Waals surface area contributed by atoms with E-state index in [1.165, 1.54) is 70.6 Å². The van der Waals surface area contributed by atoms with E-state index in [0.29, 0.717) is 0 Å². The average Bonchev–Trinajstić information content (AvgIpc) is 2.36. The van der Waals surface area contributed by atoms with Crippen molar-refractivity contribution >= 4 is 0 Å². The summed E-state index contributed by atoms with van der Waals surface area (Å²) in [7, 11) is 4.19. The molecule has 0 unspecified atom stereocenters. The molecule has 0 saturated carbocycles. The number of hydrogen-bond donors (Lipinski definition) is 1. The van der Waals surface area contributed by atoms with Gasteiger partial charge in [-0.3, -0.25) is 0 Å². The third kappa shape index (κ3) is 16.2. The second-order valence-corrected chi connectivity index (χ2v) is 6.34. The van der Waals surface area contributed by atoms with Crippen LogP contribution in [0.25, 0.3) is 0 Å². The van der Waals surface area contributed by atoms with Gasteiger partial charge < -0.3 is 22.0 Å². The molecular weight excluding hydrogens is 258 g/mol. The Morgan fingerprint density at radius 1 is 0.684 bits per heavy atom. The lowest BCUT2D eigenvalue weighted by Gasteiger charge is -2.26. The standard InChI is InChI=1S/C16H36NO.ClH/c1-4-5-6-7-8-9-10-11-12-13-14-15-17(2,3)16-18;/h18H,4-16H2,1-3H3;1H/q+1;/p-1. The number of unbranched alkanes of at least 4 members (excludes halogenated alkanes) is 10. The van der Waals surface area contributed by atoms with Crippen molar-refractivity contribution in [3.05, 3.63) is 0 Å². The Kier molecular flexibility index (Phi) is 16.5. The van der Waals surface area contributed by atoms with Crippen molar-refractivity contribution in [2.45, 2.75) is 77.6 Å². The van der Waals surface area contributed by atoms with Crippen LogP contribution in [0.4, 0.5) is 0 Å². The van der Waals surface area contributed by atoms with Crippen LogP contribution in [0, 0.1) is 0 Å². The quantitative estimate of drug-likeness (QED) is 0.309. The SMILES string of the molecule is CCCCCCCCCCCCC[N+](C)(C)CO.[Cl-]. The summed E-state index contributed by atoms with van der Waals surface area (Å²) in [6, 6.07) is 0. The van der Waals surface area contributed by atoms with Crippen molar-refractivity contribution in [1.29, 1.82) is 0 Å². The molecule has 0 atom stereocenters. The highest BCUT2D eigenvalue weighted by Crippen LogP contribution is 2.11. The Morgan fingerprint density at radius 2 is 1.05 bits per heavy atom. The van der Waals surface area contributed by atoms with E-state index in [-0.39, 0.29) is 19.1 Å². The number of quaternary nitrogens is 1. The van der Waals surface area contributed by atoms with Gasteiger partial charge in [0.25, 0.3) is 0 Å².